The molecule has 0 saturated heterocycles. The lowest BCUT2D eigenvalue weighted by atomic mass is 10.0. The number of hydrogen-bond donors (Lipinski definition) is 0. The third kappa shape index (κ3) is 16.0. The molecule has 3 nitrogen and oxygen atoms in total. The predicted molar refractivity (Wildman–Crippen MR) is 96.7 cm³/mol. The highest BCUT2D eigenvalue weighted by Gasteiger charge is 2.09. The summed E-state index contributed by atoms with van der Waals surface area (Å²) < 4.78 is 5.52. The Bertz CT molecular complexity index is 308. The second-order valence-electron chi connectivity index (χ2n) is 7.16. The van der Waals surface area contributed by atoms with Crippen molar-refractivity contribution < 1.29 is 14.3 Å². The van der Waals surface area contributed by atoms with Gasteiger partial charge in [-0.2, -0.15) is 0 Å². The van der Waals surface area contributed by atoms with E-state index in [0.717, 1.165) is 19.4 Å². The van der Waals surface area contributed by atoms with Crippen molar-refractivity contribution >= 4 is 11.6 Å². The number of rotatable bonds is 16. The Morgan fingerprint density at radius 2 is 1.22 bits per heavy atom. The van der Waals surface area contributed by atoms with Crippen LogP contribution in [0.3, 0.4) is 0 Å². The number of ether oxygens (including phenoxy) is 1. The van der Waals surface area contributed by atoms with Gasteiger partial charge < -0.3 is 4.74 Å². The first kappa shape index (κ1) is 22.3. The summed E-state index contributed by atoms with van der Waals surface area (Å²) in [5.41, 5.74) is 0. The molecule has 0 amide bonds. The lowest BCUT2D eigenvalue weighted by Gasteiger charge is -2.07. The largest absolute Gasteiger partial charge is 0.379 e. The van der Waals surface area contributed by atoms with E-state index in [9.17, 15) is 9.59 Å². The predicted octanol–water partition coefficient (Wildman–Crippen LogP) is 5.50. The Morgan fingerprint density at radius 1 is 0.696 bits per heavy atom. The number of ketones is 2. The van der Waals surface area contributed by atoms with Crippen molar-refractivity contribution in [2.75, 3.05) is 6.61 Å². The number of carbonyl (C=O) groups is 2. The second kappa shape index (κ2) is 14.9. The zero-order valence-corrected chi connectivity index (χ0v) is 15.9. The van der Waals surface area contributed by atoms with Crippen LogP contribution in [0.25, 0.3) is 0 Å². The van der Waals surface area contributed by atoms with E-state index in [0.29, 0.717) is 25.4 Å². The molecule has 136 valence electrons. The van der Waals surface area contributed by atoms with Crippen molar-refractivity contribution in [3.63, 3.8) is 0 Å². The molecule has 23 heavy (non-hydrogen) atoms. The van der Waals surface area contributed by atoms with Gasteiger partial charge >= 0.3 is 0 Å². The molecule has 0 aliphatic heterocycles. The van der Waals surface area contributed by atoms with Crippen LogP contribution in [0.2, 0.25) is 0 Å². The number of Topliss-reactive ketones (excluding diaryl/α,β-unsaturated/α-hetero) is 2. The highest BCUT2D eigenvalue weighted by atomic mass is 16.5. The van der Waals surface area contributed by atoms with Gasteiger partial charge in [0.15, 0.2) is 0 Å². The lowest BCUT2D eigenvalue weighted by Crippen LogP contribution is -2.09. The number of unbranched alkanes of at least 4 members (excludes halogenated alkanes) is 7. The van der Waals surface area contributed by atoms with Crippen LogP contribution in [-0.2, 0) is 14.3 Å². The van der Waals surface area contributed by atoms with E-state index >= 15 is 0 Å². The summed E-state index contributed by atoms with van der Waals surface area (Å²) in [6.07, 6.45) is 11.5. The molecule has 0 saturated carbocycles. The second-order valence-corrected chi connectivity index (χ2v) is 7.16. The molecule has 0 heterocycles. The Balaban J connectivity index is 3.26. The molecular weight excluding hydrogens is 288 g/mol. The third-order valence-corrected chi connectivity index (χ3v) is 4.10. The molecule has 0 aliphatic carbocycles. The van der Waals surface area contributed by atoms with E-state index in [4.69, 9.17) is 4.74 Å². The van der Waals surface area contributed by atoms with E-state index in [1.807, 2.05) is 13.8 Å². The first-order valence-corrected chi connectivity index (χ1v) is 9.59. The molecule has 0 N–H and O–H groups in total. The van der Waals surface area contributed by atoms with Gasteiger partial charge in [-0.25, -0.2) is 0 Å². The Kier molecular flexibility index (Phi) is 14.4. The van der Waals surface area contributed by atoms with Crippen LogP contribution < -0.4 is 0 Å². The smallest absolute Gasteiger partial charge is 0.135 e. The first-order chi connectivity index (χ1) is 10.9. The van der Waals surface area contributed by atoms with Crippen LogP contribution >= 0.6 is 0 Å². The average molecular weight is 327 g/mol. The van der Waals surface area contributed by atoms with Gasteiger partial charge in [-0.15, -0.1) is 0 Å². The maximum Gasteiger partial charge on any atom is 0.135 e. The number of carbonyl (C=O) groups excluding carboxylic acids is 2. The van der Waals surface area contributed by atoms with Crippen LogP contribution in [-0.4, -0.2) is 24.3 Å². The fraction of sp³-hybridized carbons (Fsp3) is 0.900. The topological polar surface area (TPSA) is 43.4 Å². The van der Waals surface area contributed by atoms with E-state index in [-0.39, 0.29) is 17.5 Å². The molecule has 0 spiro atoms. The lowest BCUT2D eigenvalue weighted by molar-refractivity contribution is -0.125. The van der Waals surface area contributed by atoms with Gasteiger partial charge in [0.05, 0.1) is 6.10 Å². The van der Waals surface area contributed by atoms with Crippen molar-refractivity contribution in [3.05, 3.63) is 0 Å². The van der Waals surface area contributed by atoms with Crippen LogP contribution in [0, 0.1) is 5.92 Å². The molecule has 0 aromatic rings. The van der Waals surface area contributed by atoms with Gasteiger partial charge in [0.2, 0.25) is 0 Å². The summed E-state index contributed by atoms with van der Waals surface area (Å²) in [7, 11) is 0. The van der Waals surface area contributed by atoms with Gasteiger partial charge in [-0.1, -0.05) is 52.4 Å². The minimum absolute atomic E-state index is 0.0553. The Hall–Kier alpha value is -0.700. The van der Waals surface area contributed by atoms with Crippen molar-refractivity contribution in [1.82, 2.24) is 0 Å². The molecule has 0 fully saturated rings. The normalized spacial score (nSPS) is 11.4. The third-order valence-electron chi connectivity index (χ3n) is 4.10. The van der Waals surface area contributed by atoms with Crippen molar-refractivity contribution in [2.45, 2.75) is 104 Å². The zero-order chi connectivity index (χ0) is 17.5. The zero-order valence-electron chi connectivity index (χ0n) is 15.9. The molecule has 0 atom stereocenters. The molecule has 0 aromatic heterocycles. The minimum Gasteiger partial charge on any atom is -0.379 e. The standard InChI is InChI=1S/C20H38O3/c1-17(2)20(22)15-14-19(21)13-11-9-7-5-6-8-10-12-16-23-18(3)4/h17-18H,5-16H2,1-4H3. The van der Waals surface area contributed by atoms with E-state index < -0.39 is 0 Å². The van der Waals surface area contributed by atoms with Crippen LogP contribution in [0.4, 0.5) is 0 Å². The Labute approximate surface area is 143 Å². The molecule has 3 heteroatoms. The maximum absolute atomic E-state index is 11.7. The molecule has 0 unspecified atom stereocenters. The molecular formula is C20H38O3. The quantitative estimate of drug-likeness (QED) is 0.352. The average Bonchev–Trinajstić information content (AvgIpc) is 2.49. The van der Waals surface area contributed by atoms with Gasteiger partial charge in [-0.05, 0) is 26.7 Å². The van der Waals surface area contributed by atoms with Crippen molar-refractivity contribution in [3.8, 4) is 0 Å². The number of hydrogen-bond acceptors (Lipinski definition) is 3. The summed E-state index contributed by atoms with van der Waals surface area (Å²) >= 11 is 0. The summed E-state index contributed by atoms with van der Waals surface area (Å²) in [6, 6.07) is 0. The van der Waals surface area contributed by atoms with Crippen molar-refractivity contribution in [1.29, 1.82) is 0 Å². The SMILES string of the molecule is CC(C)OCCCCCCCCCCC(=O)CCC(=O)C(C)C. The van der Waals surface area contributed by atoms with E-state index in [1.54, 1.807) is 0 Å². The highest BCUT2D eigenvalue weighted by molar-refractivity contribution is 5.86. The summed E-state index contributed by atoms with van der Waals surface area (Å²) in [5, 5.41) is 0. The summed E-state index contributed by atoms with van der Waals surface area (Å²) in [6.45, 7) is 8.83. The summed E-state index contributed by atoms with van der Waals surface area (Å²) in [5.74, 6) is 0.515. The van der Waals surface area contributed by atoms with Crippen molar-refractivity contribution in [2.24, 2.45) is 5.92 Å². The fourth-order valence-corrected chi connectivity index (χ4v) is 2.48. The monoisotopic (exact) mass is 326 g/mol. The molecule has 0 aromatic carbocycles. The molecule has 0 radical (unpaired) electrons. The van der Waals surface area contributed by atoms with Gasteiger partial charge in [0.1, 0.15) is 11.6 Å². The summed E-state index contributed by atoms with van der Waals surface area (Å²) in [4.78, 5) is 23.2. The van der Waals surface area contributed by atoms with Crippen LogP contribution in [0.5, 0.6) is 0 Å². The van der Waals surface area contributed by atoms with E-state index in [2.05, 4.69) is 13.8 Å². The van der Waals surface area contributed by atoms with Crippen LogP contribution in [0.1, 0.15) is 98.3 Å². The fourth-order valence-electron chi connectivity index (χ4n) is 2.48. The maximum atomic E-state index is 11.7. The molecule has 0 aliphatic rings. The highest BCUT2D eigenvalue weighted by Crippen LogP contribution is 2.11. The minimum atomic E-state index is 0.0553. The van der Waals surface area contributed by atoms with Crippen LogP contribution in [0.15, 0.2) is 0 Å². The first-order valence-electron chi connectivity index (χ1n) is 9.59. The van der Waals surface area contributed by atoms with Gasteiger partial charge in [0, 0.05) is 31.8 Å². The van der Waals surface area contributed by atoms with E-state index in [1.165, 1.54) is 38.5 Å². The Morgan fingerprint density at radius 3 is 1.74 bits per heavy atom. The van der Waals surface area contributed by atoms with Gasteiger partial charge in [0.25, 0.3) is 0 Å². The molecule has 0 bridgehead atoms. The molecule has 0 rings (SSSR count). The van der Waals surface area contributed by atoms with Gasteiger partial charge in [-0.3, -0.25) is 9.59 Å².